The number of nitrogens with one attached hydrogen (secondary N) is 1. The lowest BCUT2D eigenvalue weighted by Gasteiger charge is -2.00. The Morgan fingerprint density at radius 1 is 1.54 bits per heavy atom. The van der Waals surface area contributed by atoms with Gasteiger partial charge < -0.3 is 5.32 Å². The van der Waals surface area contributed by atoms with Crippen molar-refractivity contribution in [3.05, 3.63) is 33.9 Å². The first-order valence-electron chi connectivity index (χ1n) is 3.60. The predicted molar refractivity (Wildman–Crippen MR) is 48.0 cm³/mol. The van der Waals surface area contributed by atoms with Gasteiger partial charge in [0.25, 0.3) is 5.69 Å². The number of aldehydes is 1. The number of nitrogens with zero attached hydrogens (tertiary/aromatic N) is 1. The van der Waals surface area contributed by atoms with Crippen LogP contribution in [0.4, 0.5) is 11.4 Å². The van der Waals surface area contributed by atoms with Gasteiger partial charge in [0.05, 0.1) is 10.5 Å². The Kier molecular flexibility index (Phi) is 2.59. The second-order valence-electron chi connectivity index (χ2n) is 2.40. The molecule has 0 heterocycles. The number of nitro groups is 1. The molecule has 13 heavy (non-hydrogen) atoms. The molecule has 0 radical (unpaired) electrons. The van der Waals surface area contributed by atoms with Crippen molar-refractivity contribution in [1.29, 1.82) is 0 Å². The zero-order valence-electron chi connectivity index (χ0n) is 6.98. The van der Waals surface area contributed by atoms with Crippen LogP contribution in [0.2, 0.25) is 0 Å². The van der Waals surface area contributed by atoms with E-state index >= 15 is 0 Å². The van der Waals surface area contributed by atoms with Crippen molar-refractivity contribution in [2.75, 3.05) is 12.4 Å². The van der Waals surface area contributed by atoms with E-state index in [0.717, 1.165) is 0 Å². The summed E-state index contributed by atoms with van der Waals surface area (Å²) in [5.41, 5.74) is 0.582. The fourth-order valence-electron chi connectivity index (χ4n) is 0.971. The van der Waals surface area contributed by atoms with Gasteiger partial charge in [-0.15, -0.1) is 0 Å². The summed E-state index contributed by atoms with van der Waals surface area (Å²) in [5.74, 6) is 0. The van der Waals surface area contributed by atoms with Crippen LogP contribution in [0, 0.1) is 10.1 Å². The molecule has 0 amide bonds. The van der Waals surface area contributed by atoms with E-state index in [1.165, 1.54) is 12.1 Å². The molecular weight excluding hydrogens is 172 g/mol. The van der Waals surface area contributed by atoms with Crippen LogP contribution < -0.4 is 5.32 Å². The number of nitro benzene ring substituents is 1. The van der Waals surface area contributed by atoms with Crippen LogP contribution in [0.5, 0.6) is 0 Å². The van der Waals surface area contributed by atoms with Gasteiger partial charge in [0.15, 0.2) is 6.29 Å². The van der Waals surface area contributed by atoms with Crippen LogP contribution in [0.25, 0.3) is 0 Å². The first-order chi connectivity index (χ1) is 6.19. The first kappa shape index (κ1) is 9.18. The summed E-state index contributed by atoms with van der Waals surface area (Å²) < 4.78 is 0. The molecule has 0 aliphatic rings. The Bertz CT molecular complexity index is 349. The van der Waals surface area contributed by atoms with E-state index in [0.29, 0.717) is 12.0 Å². The second kappa shape index (κ2) is 3.66. The number of carbonyl (C=O) groups excluding carboxylic acids is 1. The van der Waals surface area contributed by atoms with E-state index in [-0.39, 0.29) is 11.3 Å². The van der Waals surface area contributed by atoms with Crippen molar-refractivity contribution in [3.63, 3.8) is 0 Å². The molecule has 1 N–H and O–H groups in total. The lowest BCUT2D eigenvalue weighted by atomic mass is 10.2. The highest BCUT2D eigenvalue weighted by molar-refractivity contribution is 5.83. The van der Waals surface area contributed by atoms with Crippen molar-refractivity contribution in [3.8, 4) is 0 Å². The van der Waals surface area contributed by atoms with Gasteiger partial charge in [-0.2, -0.15) is 0 Å². The molecule has 0 aromatic heterocycles. The minimum absolute atomic E-state index is 0.0804. The average molecular weight is 180 g/mol. The number of hydrogen-bond acceptors (Lipinski definition) is 4. The van der Waals surface area contributed by atoms with Gasteiger partial charge in [0.2, 0.25) is 0 Å². The van der Waals surface area contributed by atoms with Gasteiger partial charge >= 0.3 is 0 Å². The van der Waals surface area contributed by atoms with Crippen LogP contribution in [-0.4, -0.2) is 18.3 Å². The molecule has 0 aliphatic carbocycles. The summed E-state index contributed by atoms with van der Waals surface area (Å²) in [6, 6.07) is 4.28. The maximum absolute atomic E-state index is 10.5. The quantitative estimate of drug-likeness (QED) is 0.434. The minimum Gasteiger partial charge on any atom is -0.388 e. The Morgan fingerprint density at radius 2 is 2.23 bits per heavy atom. The van der Waals surface area contributed by atoms with Gasteiger partial charge in [-0.3, -0.25) is 14.9 Å². The van der Waals surface area contributed by atoms with E-state index in [1.54, 1.807) is 13.1 Å². The fourth-order valence-corrected chi connectivity index (χ4v) is 0.971. The van der Waals surface area contributed by atoms with Crippen molar-refractivity contribution in [1.82, 2.24) is 0 Å². The van der Waals surface area contributed by atoms with Gasteiger partial charge in [0.1, 0.15) is 0 Å². The van der Waals surface area contributed by atoms with Crippen molar-refractivity contribution >= 4 is 17.7 Å². The van der Waals surface area contributed by atoms with Gasteiger partial charge in [-0.05, 0) is 12.1 Å². The normalized spacial score (nSPS) is 9.31. The molecule has 0 unspecified atom stereocenters. The SMILES string of the molecule is CNc1ccc([N+](=O)[O-])c(C=O)c1. The summed E-state index contributed by atoms with van der Waals surface area (Å²) in [5, 5.41) is 13.2. The van der Waals surface area contributed by atoms with Crippen molar-refractivity contribution in [2.24, 2.45) is 0 Å². The van der Waals surface area contributed by atoms with E-state index in [1.807, 2.05) is 0 Å². The Balaban J connectivity index is 3.23. The maximum atomic E-state index is 10.5. The molecule has 5 nitrogen and oxygen atoms in total. The number of benzene rings is 1. The topological polar surface area (TPSA) is 72.2 Å². The van der Waals surface area contributed by atoms with Crippen LogP contribution >= 0.6 is 0 Å². The molecule has 5 heteroatoms. The molecule has 0 spiro atoms. The third-order valence-electron chi connectivity index (χ3n) is 1.64. The standard InChI is InChI=1S/C8H8N2O3/c1-9-7-2-3-8(10(12)13)6(4-7)5-11/h2-5,9H,1H3. The van der Waals surface area contributed by atoms with E-state index in [4.69, 9.17) is 0 Å². The lowest BCUT2D eigenvalue weighted by molar-refractivity contribution is -0.385. The van der Waals surface area contributed by atoms with Crippen LogP contribution in [0.3, 0.4) is 0 Å². The monoisotopic (exact) mass is 180 g/mol. The summed E-state index contributed by atoms with van der Waals surface area (Å²) >= 11 is 0. The van der Waals surface area contributed by atoms with Crippen LogP contribution in [0.1, 0.15) is 10.4 Å². The molecule has 0 bridgehead atoms. The highest BCUT2D eigenvalue weighted by Crippen LogP contribution is 2.20. The zero-order valence-corrected chi connectivity index (χ0v) is 6.98. The highest BCUT2D eigenvalue weighted by Gasteiger charge is 2.12. The minimum atomic E-state index is -0.580. The molecule has 0 fully saturated rings. The number of anilines is 1. The second-order valence-corrected chi connectivity index (χ2v) is 2.40. The molecule has 0 atom stereocenters. The summed E-state index contributed by atoms with van der Waals surface area (Å²) in [4.78, 5) is 20.3. The van der Waals surface area contributed by atoms with Crippen molar-refractivity contribution < 1.29 is 9.72 Å². The molecular formula is C8H8N2O3. The van der Waals surface area contributed by atoms with E-state index in [2.05, 4.69) is 5.32 Å². The predicted octanol–water partition coefficient (Wildman–Crippen LogP) is 1.45. The largest absolute Gasteiger partial charge is 0.388 e. The number of carbonyl (C=O) groups is 1. The molecule has 1 rings (SSSR count). The molecule has 1 aromatic rings. The van der Waals surface area contributed by atoms with Crippen molar-refractivity contribution in [2.45, 2.75) is 0 Å². The van der Waals surface area contributed by atoms with Crippen LogP contribution in [-0.2, 0) is 0 Å². The smallest absolute Gasteiger partial charge is 0.280 e. The third kappa shape index (κ3) is 1.81. The molecule has 0 saturated carbocycles. The third-order valence-corrected chi connectivity index (χ3v) is 1.64. The molecule has 68 valence electrons. The number of hydrogen-bond donors (Lipinski definition) is 1. The Morgan fingerprint density at radius 3 is 2.69 bits per heavy atom. The van der Waals surface area contributed by atoms with Crippen LogP contribution in [0.15, 0.2) is 18.2 Å². The zero-order chi connectivity index (χ0) is 9.84. The first-order valence-corrected chi connectivity index (χ1v) is 3.60. The molecule has 0 aliphatic heterocycles. The summed E-state index contributed by atoms with van der Waals surface area (Å²) in [6.45, 7) is 0. The van der Waals surface area contributed by atoms with Gasteiger partial charge in [-0.25, -0.2) is 0 Å². The van der Waals surface area contributed by atoms with E-state index < -0.39 is 4.92 Å². The summed E-state index contributed by atoms with van der Waals surface area (Å²) in [7, 11) is 1.68. The average Bonchev–Trinajstić information content (AvgIpc) is 2.16. The van der Waals surface area contributed by atoms with Gasteiger partial charge in [0, 0.05) is 18.8 Å². The molecule has 0 saturated heterocycles. The Labute approximate surface area is 74.5 Å². The van der Waals surface area contributed by atoms with E-state index in [9.17, 15) is 14.9 Å². The number of rotatable bonds is 3. The molecule has 1 aromatic carbocycles. The summed E-state index contributed by atoms with van der Waals surface area (Å²) in [6.07, 6.45) is 0.471. The Hall–Kier alpha value is -1.91. The highest BCUT2D eigenvalue weighted by atomic mass is 16.6. The fraction of sp³-hybridized carbons (Fsp3) is 0.125. The maximum Gasteiger partial charge on any atom is 0.280 e. The van der Waals surface area contributed by atoms with Gasteiger partial charge in [-0.1, -0.05) is 0 Å². The lowest BCUT2D eigenvalue weighted by Crippen LogP contribution is -1.96.